The molecule has 1 saturated heterocycles. The number of carbonyl (C=O) groups excluding carboxylic acids is 1. The zero-order valence-electron chi connectivity index (χ0n) is 8.42. The number of rotatable bonds is 1. The highest BCUT2D eigenvalue weighted by molar-refractivity contribution is 5.75. The van der Waals surface area contributed by atoms with Gasteiger partial charge in [0.15, 0.2) is 0 Å². The Balaban J connectivity index is 1.92. The number of nitrogens with one attached hydrogen (secondary N) is 1. The van der Waals surface area contributed by atoms with Crippen molar-refractivity contribution in [1.29, 1.82) is 0 Å². The third-order valence-corrected chi connectivity index (χ3v) is 3.09. The van der Waals surface area contributed by atoms with Gasteiger partial charge in [-0.2, -0.15) is 0 Å². The van der Waals surface area contributed by atoms with Crippen LogP contribution >= 0.6 is 0 Å². The maximum absolute atomic E-state index is 11.7. The van der Waals surface area contributed by atoms with Gasteiger partial charge in [0, 0.05) is 18.1 Å². The number of likely N-dealkylation sites (tertiary alicyclic amines) is 1. The van der Waals surface area contributed by atoms with Crippen molar-refractivity contribution in [2.24, 2.45) is 0 Å². The maximum atomic E-state index is 11.7. The van der Waals surface area contributed by atoms with Crippen LogP contribution < -0.4 is 5.32 Å². The van der Waals surface area contributed by atoms with Crippen LogP contribution in [0.25, 0.3) is 0 Å². The summed E-state index contributed by atoms with van der Waals surface area (Å²) in [6.07, 6.45) is 4.64. The zero-order valence-corrected chi connectivity index (χ0v) is 8.42. The van der Waals surface area contributed by atoms with Gasteiger partial charge in [0.05, 0.1) is 0 Å². The smallest absolute Gasteiger partial charge is 0.318 e. The van der Waals surface area contributed by atoms with E-state index in [1.54, 1.807) is 0 Å². The molecule has 2 fully saturated rings. The Labute approximate surface area is 79.5 Å². The van der Waals surface area contributed by atoms with Crippen molar-refractivity contribution in [2.45, 2.75) is 57.7 Å². The first kappa shape index (κ1) is 8.85. The van der Waals surface area contributed by atoms with Gasteiger partial charge in [-0.25, -0.2) is 4.79 Å². The summed E-state index contributed by atoms with van der Waals surface area (Å²) in [6, 6.07) is 1.48. The van der Waals surface area contributed by atoms with Crippen LogP contribution in [0.4, 0.5) is 4.79 Å². The topological polar surface area (TPSA) is 32.3 Å². The minimum atomic E-state index is 0.153. The second-order valence-electron chi connectivity index (χ2n) is 4.41. The summed E-state index contributed by atoms with van der Waals surface area (Å²) >= 11 is 0. The summed E-state index contributed by atoms with van der Waals surface area (Å²) in [4.78, 5) is 13.7. The molecular formula is C10H18N2O. The number of nitrogens with zero attached hydrogens (tertiary/aromatic N) is 1. The fourth-order valence-corrected chi connectivity index (χ4v) is 2.07. The molecule has 2 rings (SSSR count). The van der Waals surface area contributed by atoms with Crippen molar-refractivity contribution in [3.05, 3.63) is 0 Å². The molecule has 2 amide bonds. The van der Waals surface area contributed by atoms with E-state index in [-0.39, 0.29) is 6.03 Å². The van der Waals surface area contributed by atoms with Crippen LogP contribution in [0.15, 0.2) is 0 Å². The van der Waals surface area contributed by atoms with Gasteiger partial charge in [0.1, 0.15) is 0 Å². The van der Waals surface area contributed by atoms with E-state index in [2.05, 4.69) is 19.2 Å². The number of amides is 2. The summed E-state index contributed by atoms with van der Waals surface area (Å²) in [7, 11) is 0. The molecule has 0 spiro atoms. The van der Waals surface area contributed by atoms with E-state index in [0.29, 0.717) is 18.1 Å². The summed E-state index contributed by atoms with van der Waals surface area (Å²) in [6.45, 7) is 4.27. The largest absolute Gasteiger partial charge is 0.335 e. The molecule has 1 N–H and O–H groups in total. The fourth-order valence-electron chi connectivity index (χ4n) is 2.07. The van der Waals surface area contributed by atoms with E-state index in [4.69, 9.17) is 0 Å². The second-order valence-corrected chi connectivity index (χ2v) is 4.41. The van der Waals surface area contributed by atoms with Crippen LogP contribution in [-0.2, 0) is 0 Å². The highest BCUT2D eigenvalue weighted by Gasteiger charge is 2.34. The number of hydrogen-bond donors (Lipinski definition) is 1. The molecule has 3 heteroatoms. The molecular weight excluding hydrogens is 164 g/mol. The first-order chi connectivity index (χ1) is 6.18. The minimum absolute atomic E-state index is 0.153. The monoisotopic (exact) mass is 182 g/mol. The third kappa shape index (κ3) is 1.79. The van der Waals surface area contributed by atoms with Crippen LogP contribution in [0, 0.1) is 0 Å². The van der Waals surface area contributed by atoms with E-state index in [9.17, 15) is 4.79 Å². The molecule has 2 unspecified atom stereocenters. The molecule has 1 aliphatic heterocycles. The van der Waals surface area contributed by atoms with Crippen molar-refractivity contribution in [3.8, 4) is 0 Å². The number of urea groups is 1. The Bertz CT molecular complexity index is 203. The maximum Gasteiger partial charge on any atom is 0.318 e. The SMILES string of the molecule is CC1CCC(C)N1C(=O)NC1CC1. The summed E-state index contributed by atoms with van der Waals surface area (Å²) < 4.78 is 0. The number of carbonyl (C=O) groups is 1. The van der Waals surface area contributed by atoms with Crippen LogP contribution in [0.1, 0.15) is 39.5 Å². The lowest BCUT2D eigenvalue weighted by Crippen LogP contribution is -2.45. The van der Waals surface area contributed by atoms with E-state index in [1.807, 2.05) is 4.90 Å². The normalized spacial score (nSPS) is 33.5. The molecule has 0 bridgehead atoms. The lowest BCUT2D eigenvalue weighted by molar-refractivity contribution is 0.180. The van der Waals surface area contributed by atoms with E-state index in [0.717, 1.165) is 12.8 Å². The van der Waals surface area contributed by atoms with Gasteiger partial charge in [-0.3, -0.25) is 0 Å². The van der Waals surface area contributed by atoms with Crippen molar-refractivity contribution in [3.63, 3.8) is 0 Å². The molecule has 0 aromatic heterocycles. The van der Waals surface area contributed by atoms with Gasteiger partial charge in [-0.15, -0.1) is 0 Å². The molecule has 1 saturated carbocycles. The Hall–Kier alpha value is -0.730. The Morgan fingerprint density at radius 1 is 1.15 bits per heavy atom. The summed E-state index contributed by atoms with van der Waals surface area (Å²) in [5.41, 5.74) is 0. The van der Waals surface area contributed by atoms with Crippen LogP contribution in [0.5, 0.6) is 0 Å². The molecule has 2 aliphatic rings. The Morgan fingerprint density at radius 2 is 1.69 bits per heavy atom. The fraction of sp³-hybridized carbons (Fsp3) is 0.900. The van der Waals surface area contributed by atoms with Gasteiger partial charge in [0.25, 0.3) is 0 Å². The van der Waals surface area contributed by atoms with Crippen molar-refractivity contribution in [1.82, 2.24) is 10.2 Å². The molecule has 0 radical (unpaired) electrons. The minimum Gasteiger partial charge on any atom is -0.335 e. The van der Waals surface area contributed by atoms with Crippen molar-refractivity contribution < 1.29 is 4.79 Å². The van der Waals surface area contributed by atoms with E-state index >= 15 is 0 Å². The molecule has 0 aromatic carbocycles. The zero-order chi connectivity index (χ0) is 9.42. The van der Waals surface area contributed by atoms with Gasteiger partial charge < -0.3 is 10.2 Å². The predicted molar refractivity (Wildman–Crippen MR) is 51.6 cm³/mol. The van der Waals surface area contributed by atoms with Crippen molar-refractivity contribution in [2.75, 3.05) is 0 Å². The van der Waals surface area contributed by atoms with Gasteiger partial charge in [-0.1, -0.05) is 0 Å². The van der Waals surface area contributed by atoms with E-state index in [1.165, 1.54) is 12.8 Å². The van der Waals surface area contributed by atoms with Crippen molar-refractivity contribution >= 4 is 6.03 Å². The van der Waals surface area contributed by atoms with Crippen LogP contribution in [-0.4, -0.2) is 29.1 Å². The molecule has 0 aromatic rings. The molecule has 2 atom stereocenters. The molecule has 13 heavy (non-hydrogen) atoms. The average molecular weight is 182 g/mol. The summed E-state index contributed by atoms with van der Waals surface area (Å²) in [5, 5.41) is 3.04. The molecule has 74 valence electrons. The van der Waals surface area contributed by atoms with Crippen LogP contribution in [0.2, 0.25) is 0 Å². The summed E-state index contributed by atoms with van der Waals surface area (Å²) in [5.74, 6) is 0. The highest BCUT2D eigenvalue weighted by atomic mass is 16.2. The first-order valence-corrected chi connectivity index (χ1v) is 5.27. The van der Waals surface area contributed by atoms with Crippen LogP contribution in [0.3, 0.4) is 0 Å². The number of hydrogen-bond acceptors (Lipinski definition) is 1. The molecule has 1 heterocycles. The van der Waals surface area contributed by atoms with Gasteiger partial charge >= 0.3 is 6.03 Å². The second kappa shape index (κ2) is 3.20. The average Bonchev–Trinajstić information content (AvgIpc) is 2.79. The molecule has 1 aliphatic carbocycles. The van der Waals surface area contributed by atoms with Gasteiger partial charge in [-0.05, 0) is 39.5 Å². The lowest BCUT2D eigenvalue weighted by Gasteiger charge is -2.26. The standard InChI is InChI=1S/C10H18N2O/c1-7-3-4-8(2)12(7)10(13)11-9-5-6-9/h7-9H,3-6H2,1-2H3,(H,11,13). The Morgan fingerprint density at radius 3 is 2.15 bits per heavy atom. The van der Waals surface area contributed by atoms with E-state index < -0.39 is 0 Å². The molecule has 3 nitrogen and oxygen atoms in total. The third-order valence-electron chi connectivity index (χ3n) is 3.09. The first-order valence-electron chi connectivity index (χ1n) is 5.27. The highest BCUT2D eigenvalue weighted by Crippen LogP contribution is 2.25. The lowest BCUT2D eigenvalue weighted by atomic mass is 10.2. The Kier molecular flexibility index (Phi) is 2.18. The predicted octanol–water partition coefficient (Wildman–Crippen LogP) is 1.73. The van der Waals surface area contributed by atoms with Gasteiger partial charge in [0.2, 0.25) is 0 Å². The quantitative estimate of drug-likeness (QED) is 0.658.